The summed E-state index contributed by atoms with van der Waals surface area (Å²) in [4.78, 5) is 12.0. The molecule has 0 aliphatic heterocycles. The monoisotopic (exact) mass is 361 g/mol. The van der Waals surface area contributed by atoms with Gasteiger partial charge in [-0.3, -0.25) is 0 Å². The number of hydrogen-bond acceptors (Lipinski definition) is 3. The molecule has 0 fully saturated rings. The Balaban J connectivity index is 2.05. The van der Waals surface area contributed by atoms with E-state index < -0.39 is 0 Å². The third-order valence-electron chi connectivity index (χ3n) is 3.48. The molecule has 3 nitrogen and oxygen atoms in total. The minimum Gasteiger partial charge on any atom is -0.462 e. The van der Waals surface area contributed by atoms with Crippen LogP contribution in [0.4, 0.5) is 0 Å². The standard InChI is InChI=1S/C18H20BrNO2/c1-3-22-18(21)17-7-5-4-6-15(17)12-20-13(2)14-8-10-16(19)11-9-14/h4-11,13,20H,3,12H2,1-2H3. The van der Waals surface area contributed by atoms with Gasteiger partial charge in [0.05, 0.1) is 12.2 Å². The maximum atomic E-state index is 12.0. The van der Waals surface area contributed by atoms with Crippen LogP contribution >= 0.6 is 15.9 Å². The van der Waals surface area contributed by atoms with Crippen LogP contribution in [0.3, 0.4) is 0 Å². The molecule has 0 aromatic heterocycles. The highest BCUT2D eigenvalue weighted by Gasteiger charge is 2.12. The van der Waals surface area contributed by atoms with Crippen LogP contribution < -0.4 is 5.32 Å². The van der Waals surface area contributed by atoms with Gasteiger partial charge in [-0.2, -0.15) is 0 Å². The van der Waals surface area contributed by atoms with E-state index in [0.717, 1.165) is 10.0 Å². The van der Waals surface area contributed by atoms with E-state index in [1.165, 1.54) is 5.56 Å². The van der Waals surface area contributed by atoms with Gasteiger partial charge in [0.15, 0.2) is 0 Å². The van der Waals surface area contributed by atoms with Gasteiger partial charge in [0, 0.05) is 17.1 Å². The largest absolute Gasteiger partial charge is 0.462 e. The quantitative estimate of drug-likeness (QED) is 0.771. The number of hydrogen-bond donors (Lipinski definition) is 1. The highest BCUT2D eigenvalue weighted by atomic mass is 79.9. The number of rotatable bonds is 6. The average molecular weight is 362 g/mol. The first kappa shape index (κ1) is 16.7. The van der Waals surface area contributed by atoms with Crippen LogP contribution in [-0.2, 0) is 11.3 Å². The summed E-state index contributed by atoms with van der Waals surface area (Å²) in [5.41, 5.74) is 2.78. The molecular formula is C18H20BrNO2. The molecule has 1 unspecified atom stereocenters. The Hall–Kier alpha value is -1.65. The van der Waals surface area contributed by atoms with E-state index in [-0.39, 0.29) is 12.0 Å². The molecule has 4 heteroatoms. The van der Waals surface area contributed by atoms with Crippen molar-refractivity contribution in [3.8, 4) is 0 Å². The van der Waals surface area contributed by atoms with Crippen LogP contribution in [0.25, 0.3) is 0 Å². The Bertz CT molecular complexity index is 625. The number of halogens is 1. The zero-order valence-corrected chi connectivity index (χ0v) is 14.4. The Labute approximate surface area is 139 Å². The van der Waals surface area contributed by atoms with Crippen molar-refractivity contribution in [3.63, 3.8) is 0 Å². The van der Waals surface area contributed by atoms with Crippen molar-refractivity contribution in [1.29, 1.82) is 0 Å². The number of carbonyl (C=O) groups is 1. The molecule has 0 aliphatic rings. The minimum atomic E-state index is -0.267. The molecule has 1 N–H and O–H groups in total. The van der Waals surface area contributed by atoms with Crippen LogP contribution in [0, 0.1) is 0 Å². The molecule has 116 valence electrons. The highest BCUT2D eigenvalue weighted by Crippen LogP contribution is 2.18. The number of carbonyl (C=O) groups excluding carboxylic acids is 1. The normalized spacial score (nSPS) is 12.0. The third kappa shape index (κ3) is 4.42. The highest BCUT2D eigenvalue weighted by molar-refractivity contribution is 9.10. The molecule has 0 spiro atoms. The van der Waals surface area contributed by atoms with Gasteiger partial charge >= 0.3 is 5.97 Å². The van der Waals surface area contributed by atoms with Crippen molar-refractivity contribution >= 4 is 21.9 Å². The molecule has 2 rings (SSSR count). The smallest absolute Gasteiger partial charge is 0.338 e. The van der Waals surface area contributed by atoms with Crippen LogP contribution in [0.15, 0.2) is 53.0 Å². The van der Waals surface area contributed by atoms with Crippen LogP contribution in [0.5, 0.6) is 0 Å². The SMILES string of the molecule is CCOC(=O)c1ccccc1CNC(C)c1ccc(Br)cc1. The topological polar surface area (TPSA) is 38.3 Å². The van der Waals surface area contributed by atoms with Crippen molar-refractivity contribution in [2.45, 2.75) is 26.4 Å². The van der Waals surface area contributed by atoms with Gasteiger partial charge in [0.2, 0.25) is 0 Å². The van der Waals surface area contributed by atoms with Gasteiger partial charge in [0.25, 0.3) is 0 Å². The lowest BCUT2D eigenvalue weighted by Gasteiger charge is -2.16. The van der Waals surface area contributed by atoms with Gasteiger partial charge in [0.1, 0.15) is 0 Å². The van der Waals surface area contributed by atoms with Gasteiger partial charge in [-0.1, -0.05) is 46.3 Å². The van der Waals surface area contributed by atoms with E-state index in [1.54, 1.807) is 6.07 Å². The fourth-order valence-electron chi connectivity index (χ4n) is 2.21. The fourth-order valence-corrected chi connectivity index (χ4v) is 2.48. The first-order valence-electron chi connectivity index (χ1n) is 7.35. The molecule has 0 heterocycles. The predicted octanol–water partition coefficient (Wildman–Crippen LogP) is 4.48. The van der Waals surface area contributed by atoms with Gasteiger partial charge in [-0.25, -0.2) is 4.79 Å². The number of nitrogens with one attached hydrogen (secondary N) is 1. The maximum absolute atomic E-state index is 12.0. The Kier molecular flexibility index (Phi) is 6.16. The second-order valence-corrected chi connectivity index (χ2v) is 5.95. The lowest BCUT2D eigenvalue weighted by molar-refractivity contribution is 0.0525. The molecule has 0 amide bonds. The van der Waals surface area contributed by atoms with Crippen molar-refractivity contribution in [3.05, 3.63) is 69.7 Å². The average Bonchev–Trinajstić information content (AvgIpc) is 2.54. The van der Waals surface area contributed by atoms with E-state index in [1.807, 2.05) is 37.3 Å². The molecule has 0 bridgehead atoms. The fraction of sp³-hybridized carbons (Fsp3) is 0.278. The van der Waals surface area contributed by atoms with E-state index in [4.69, 9.17) is 4.74 Å². The lowest BCUT2D eigenvalue weighted by atomic mass is 10.1. The second kappa shape index (κ2) is 8.11. The minimum absolute atomic E-state index is 0.198. The molecule has 1 atom stereocenters. The molecule has 2 aromatic rings. The molecule has 0 radical (unpaired) electrons. The summed E-state index contributed by atoms with van der Waals surface area (Å²) in [7, 11) is 0. The first-order chi connectivity index (χ1) is 10.6. The summed E-state index contributed by atoms with van der Waals surface area (Å²) in [6.07, 6.45) is 0. The first-order valence-corrected chi connectivity index (χ1v) is 8.15. The third-order valence-corrected chi connectivity index (χ3v) is 4.01. The van der Waals surface area contributed by atoms with E-state index in [2.05, 4.69) is 40.3 Å². The molecule has 2 aromatic carbocycles. The zero-order chi connectivity index (χ0) is 15.9. The van der Waals surface area contributed by atoms with E-state index >= 15 is 0 Å². The molecule has 22 heavy (non-hydrogen) atoms. The molecule has 0 aliphatic carbocycles. The summed E-state index contributed by atoms with van der Waals surface area (Å²) in [5.74, 6) is -0.267. The number of esters is 1. The van der Waals surface area contributed by atoms with Gasteiger partial charge in [-0.05, 0) is 43.2 Å². The Morgan fingerprint density at radius 2 is 1.86 bits per heavy atom. The van der Waals surface area contributed by atoms with Crippen LogP contribution in [-0.4, -0.2) is 12.6 Å². The maximum Gasteiger partial charge on any atom is 0.338 e. The summed E-state index contributed by atoms with van der Waals surface area (Å²) in [6.45, 7) is 4.92. The summed E-state index contributed by atoms with van der Waals surface area (Å²) in [5, 5.41) is 3.45. The predicted molar refractivity (Wildman–Crippen MR) is 91.8 cm³/mol. The van der Waals surface area contributed by atoms with Crippen molar-refractivity contribution in [2.24, 2.45) is 0 Å². The number of benzene rings is 2. The van der Waals surface area contributed by atoms with Crippen molar-refractivity contribution in [2.75, 3.05) is 6.61 Å². The Morgan fingerprint density at radius 3 is 2.55 bits per heavy atom. The molecule has 0 saturated heterocycles. The summed E-state index contributed by atoms with van der Waals surface area (Å²) in [6, 6.07) is 16.0. The van der Waals surface area contributed by atoms with E-state index in [0.29, 0.717) is 18.7 Å². The summed E-state index contributed by atoms with van der Waals surface area (Å²) >= 11 is 3.44. The number of ether oxygens (including phenoxy) is 1. The molecular weight excluding hydrogens is 342 g/mol. The Morgan fingerprint density at radius 1 is 1.18 bits per heavy atom. The van der Waals surface area contributed by atoms with Crippen LogP contribution in [0.2, 0.25) is 0 Å². The van der Waals surface area contributed by atoms with Gasteiger partial charge in [-0.15, -0.1) is 0 Å². The lowest BCUT2D eigenvalue weighted by Crippen LogP contribution is -2.20. The van der Waals surface area contributed by atoms with Crippen molar-refractivity contribution < 1.29 is 9.53 Å². The second-order valence-electron chi connectivity index (χ2n) is 5.03. The van der Waals surface area contributed by atoms with Crippen LogP contribution in [0.1, 0.15) is 41.4 Å². The van der Waals surface area contributed by atoms with Crippen molar-refractivity contribution in [1.82, 2.24) is 5.32 Å². The van der Waals surface area contributed by atoms with E-state index in [9.17, 15) is 4.79 Å². The molecule has 0 saturated carbocycles. The summed E-state index contributed by atoms with van der Waals surface area (Å²) < 4.78 is 6.17. The van der Waals surface area contributed by atoms with Gasteiger partial charge < -0.3 is 10.1 Å². The zero-order valence-electron chi connectivity index (χ0n) is 12.8.